The first-order valence-corrected chi connectivity index (χ1v) is 5.70. The number of carbonyl (C=O) groups excluding carboxylic acids is 1. The average Bonchev–Trinajstić information content (AvgIpc) is 2.61. The Morgan fingerprint density at radius 1 is 1.50 bits per heavy atom. The maximum Gasteiger partial charge on any atom is 0.309 e. The summed E-state index contributed by atoms with van der Waals surface area (Å²) in [7, 11) is 0. The SMILES string of the molecule is CCC1CC(C2=CCCCC2)OC1=O. The minimum Gasteiger partial charge on any atom is -0.458 e. The first kappa shape index (κ1) is 9.75. The first-order chi connectivity index (χ1) is 6.81. The van der Waals surface area contributed by atoms with E-state index in [1.165, 1.54) is 24.8 Å². The Morgan fingerprint density at radius 3 is 2.93 bits per heavy atom. The molecule has 1 saturated heterocycles. The molecule has 0 aromatic heterocycles. The van der Waals surface area contributed by atoms with Crippen molar-refractivity contribution in [3.63, 3.8) is 0 Å². The standard InChI is InChI=1S/C12H18O2/c1-2-9-8-11(14-12(9)13)10-6-4-3-5-7-10/h6,9,11H,2-5,7-8H2,1H3. The van der Waals surface area contributed by atoms with Crippen LogP contribution in [0.4, 0.5) is 0 Å². The zero-order valence-electron chi connectivity index (χ0n) is 8.79. The molecule has 1 fully saturated rings. The minimum atomic E-state index is 0.0176. The molecule has 2 heteroatoms. The van der Waals surface area contributed by atoms with Gasteiger partial charge in [-0.2, -0.15) is 0 Å². The molecule has 2 atom stereocenters. The van der Waals surface area contributed by atoms with Crippen molar-refractivity contribution in [3.8, 4) is 0 Å². The quantitative estimate of drug-likeness (QED) is 0.499. The summed E-state index contributed by atoms with van der Waals surface area (Å²) in [5.74, 6) is 0.173. The maximum absolute atomic E-state index is 11.4. The summed E-state index contributed by atoms with van der Waals surface area (Å²) in [6, 6.07) is 0. The molecule has 14 heavy (non-hydrogen) atoms. The van der Waals surface area contributed by atoms with Crippen molar-refractivity contribution in [3.05, 3.63) is 11.6 Å². The predicted octanol–water partition coefficient (Wildman–Crippen LogP) is 2.83. The van der Waals surface area contributed by atoms with Gasteiger partial charge in [-0.1, -0.05) is 13.0 Å². The van der Waals surface area contributed by atoms with Crippen LogP contribution in [0.1, 0.15) is 45.4 Å². The van der Waals surface area contributed by atoms with Gasteiger partial charge in [-0.3, -0.25) is 4.79 Å². The number of esters is 1. The number of cyclic esters (lactones) is 1. The monoisotopic (exact) mass is 194 g/mol. The van der Waals surface area contributed by atoms with E-state index in [1.807, 2.05) is 0 Å². The lowest BCUT2D eigenvalue weighted by Crippen LogP contribution is -2.12. The highest BCUT2D eigenvalue weighted by Gasteiger charge is 2.34. The molecule has 0 saturated carbocycles. The van der Waals surface area contributed by atoms with E-state index in [-0.39, 0.29) is 18.0 Å². The summed E-state index contributed by atoms with van der Waals surface area (Å²) in [5, 5.41) is 0. The van der Waals surface area contributed by atoms with Gasteiger partial charge in [0.2, 0.25) is 0 Å². The van der Waals surface area contributed by atoms with Gasteiger partial charge in [-0.25, -0.2) is 0 Å². The average molecular weight is 194 g/mol. The first-order valence-electron chi connectivity index (χ1n) is 5.70. The van der Waals surface area contributed by atoms with Crippen LogP contribution in [0.2, 0.25) is 0 Å². The van der Waals surface area contributed by atoms with Gasteiger partial charge in [0.15, 0.2) is 0 Å². The normalized spacial score (nSPS) is 32.6. The van der Waals surface area contributed by atoms with Crippen molar-refractivity contribution >= 4 is 5.97 Å². The Balaban J connectivity index is 2.00. The van der Waals surface area contributed by atoms with Crippen LogP contribution in [0, 0.1) is 5.92 Å². The molecule has 1 aliphatic carbocycles. The van der Waals surface area contributed by atoms with E-state index in [4.69, 9.17) is 4.74 Å². The highest BCUT2D eigenvalue weighted by molar-refractivity contribution is 5.75. The van der Waals surface area contributed by atoms with Crippen molar-refractivity contribution in [1.29, 1.82) is 0 Å². The van der Waals surface area contributed by atoms with E-state index in [1.54, 1.807) is 0 Å². The summed E-state index contributed by atoms with van der Waals surface area (Å²) >= 11 is 0. The van der Waals surface area contributed by atoms with E-state index in [9.17, 15) is 4.79 Å². The highest BCUT2D eigenvalue weighted by Crippen LogP contribution is 2.32. The van der Waals surface area contributed by atoms with E-state index < -0.39 is 0 Å². The van der Waals surface area contributed by atoms with Crippen LogP contribution in [0.5, 0.6) is 0 Å². The Bertz CT molecular complexity index is 255. The topological polar surface area (TPSA) is 26.3 Å². The summed E-state index contributed by atoms with van der Waals surface area (Å²) in [4.78, 5) is 11.4. The molecule has 2 unspecified atom stereocenters. The van der Waals surface area contributed by atoms with Gasteiger partial charge >= 0.3 is 5.97 Å². The van der Waals surface area contributed by atoms with Gasteiger partial charge in [0, 0.05) is 6.42 Å². The van der Waals surface area contributed by atoms with Crippen molar-refractivity contribution in [2.24, 2.45) is 5.92 Å². The number of rotatable bonds is 2. The molecule has 0 amide bonds. The van der Waals surface area contributed by atoms with Gasteiger partial charge in [-0.15, -0.1) is 0 Å². The van der Waals surface area contributed by atoms with E-state index >= 15 is 0 Å². The van der Waals surface area contributed by atoms with Crippen molar-refractivity contribution < 1.29 is 9.53 Å². The molecule has 2 nitrogen and oxygen atoms in total. The van der Waals surface area contributed by atoms with E-state index in [0.717, 1.165) is 19.3 Å². The van der Waals surface area contributed by atoms with Crippen molar-refractivity contribution in [1.82, 2.24) is 0 Å². The molecule has 78 valence electrons. The fourth-order valence-corrected chi connectivity index (χ4v) is 2.35. The molecular weight excluding hydrogens is 176 g/mol. The van der Waals surface area contributed by atoms with Crippen LogP contribution >= 0.6 is 0 Å². The molecular formula is C12H18O2. The molecule has 0 aromatic rings. The zero-order chi connectivity index (χ0) is 9.97. The largest absolute Gasteiger partial charge is 0.458 e. The lowest BCUT2D eigenvalue weighted by molar-refractivity contribution is -0.143. The zero-order valence-corrected chi connectivity index (χ0v) is 8.79. The van der Waals surface area contributed by atoms with Crippen LogP contribution in [0.15, 0.2) is 11.6 Å². The fraction of sp³-hybridized carbons (Fsp3) is 0.750. The molecule has 0 bridgehead atoms. The number of carbonyl (C=O) groups is 1. The van der Waals surface area contributed by atoms with Crippen LogP contribution < -0.4 is 0 Å². The Kier molecular flexibility index (Phi) is 2.90. The minimum absolute atomic E-state index is 0.0176. The molecule has 0 aromatic carbocycles. The van der Waals surface area contributed by atoms with Crippen LogP contribution in [0.3, 0.4) is 0 Å². The third-order valence-corrected chi connectivity index (χ3v) is 3.32. The van der Waals surface area contributed by atoms with Gasteiger partial charge in [-0.05, 0) is 37.7 Å². The lowest BCUT2D eigenvalue weighted by atomic mass is 9.91. The summed E-state index contributed by atoms with van der Waals surface area (Å²) < 4.78 is 5.40. The summed E-state index contributed by atoms with van der Waals surface area (Å²) in [6.45, 7) is 2.06. The van der Waals surface area contributed by atoms with Gasteiger partial charge < -0.3 is 4.74 Å². The molecule has 1 aliphatic heterocycles. The summed E-state index contributed by atoms with van der Waals surface area (Å²) in [6.07, 6.45) is 9.09. The fourth-order valence-electron chi connectivity index (χ4n) is 2.35. The summed E-state index contributed by atoms with van der Waals surface area (Å²) in [5.41, 5.74) is 1.38. The second-order valence-electron chi connectivity index (χ2n) is 4.29. The molecule has 1 heterocycles. The van der Waals surface area contributed by atoms with E-state index in [2.05, 4.69) is 13.0 Å². The lowest BCUT2D eigenvalue weighted by Gasteiger charge is -2.17. The Morgan fingerprint density at radius 2 is 2.36 bits per heavy atom. The number of hydrogen-bond acceptors (Lipinski definition) is 2. The molecule has 0 radical (unpaired) electrons. The third kappa shape index (κ3) is 1.84. The van der Waals surface area contributed by atoms with Crippen LogP contribution in [0.25, 0.3) is 0 Å². The molecule has 0 spiro atoms. The number of allylic oxidation sites excluding steroid dienone is 1. The molecule has 2 rings (SSSR count). The Labute approximate surface area is 85.3 Å². The van der Waals surface area contributed by atoms with Crippen LogP contribution in [-0.2, 0) is 9.53 Å². The van der Waals surface area contributed by atoms with Crippen molar-refractivity contribution in [2.45, 2.75) is 51.6 Å². The second kappa shape index (κ2) is 4.16. The van der Waals surface area contributed by atoms with Crippen LogP contribution in [-0.4, -0.2) is 12.1 Å². The van der Waals surface area contributed by atoms with Gasteiger partial charge in [0.25, 0.3) is 0 Å². The highest BCUT2D eigenvalue weighted by atomic mass is 16.6. The van der Waals surface area contributed by atoms with Gasteiger partial charge in [0.1, 0.15) is 6.10 Å². The number of ether oxygens (including phenoxy) is 1. The molecule has 2 aliphatic rings. The maximum atomic E-state index is 11.4. The number of hydrogen-bond donors (Lipinski definition) is 0. The predicted molar refractivity (Wildman–Crippen MR) is 54.8 cm³/mol. The molecule has 0 N–H and O–H groups in total. The van der Waals surface area contributed by atoms with Gasteiger partial charge in [0.05, 0.1) is 5.92 Å². The van der Waals surface area contributed by atoms with Crippen molar-refractivity contribution in [2.75, 3.05) is 0 Å². The Hall–Kier alpha value is -0.790. The van der Waals surface area contributed by atoms with E-state index in [0.29, 0.717) is 0 Å². The smallest absolute Gasteiger partial charge is 0.309 e. The third-order valence-electron chi connectivity index (χ3n) is 3.32. The second-order valence-corrected chi connectivity index (χ2v) is 4.29.